The summed E-state index contributed by atoms with van der Waals surface area (Å²) in [6, 6.07) is 7.22. The van der Waals surface area contributed by atoms with Gasteiger partial charge in [0.05, 0.1) is 0 Å². The number of ether oxygens (including phenoxy) is 1. The highest BCUT2D eigenvalue weighted by atomic mass is 19.3. The Morgan fingerprint density at radius 1 is 1.31 bits per heavy atom. The van der Waals surface area contributed by atoms with E-state index in [1.807, 2.05) is 0 Å². The van der Waals surface area contributed by atoms with Gasteiger partial charge in [0, 0.05) is 25.7 Å². The molecule has 16 heavy (non-hydrogen) atoms. The molecule has 1 aromatic rings. The summed E-state index contributed by atoms with van der Waals surface area (Å²) >= 11 is 0. The van der Waals surface area contributed by atoms with Gasteiger partial charge in [-0.25, -0.2) is 0 Å². The molecule has 0 bridgehead atoms. The average Bonchev–Trinajstić information content (AvgIpc) is 2.17. The molecule has 88 valence electrons. The minimum atomic E-state index is -2.76. The normalized spacial score (nSPS) is 16.2. The van der Waals surface area contributed by atoms with Gasteiger partial charge in [0.25, 0.3) is 0 Å². The molecule has 1 aliphatic rings. The highest BCUT2D eigenvalue weighted by Gasteiger charge is 2.15. The molecule has 3 nitrogen and oxygen atoms in total. The van der Waals surface area contributed by atoms with Crippen molar-refractivity contribution in [2.45, 2.75) is 19.2 Å². The third kappa shape index (κ3) is 3.15. The van der Waals surface area contributed by atoms with Crippen molar-refractivity contribution >= 4 is 0 Å². The van der Waals surface area contributed by atoms with E-state index in [0.29, 0.717) is 6.04 Å². The van der Waals surface area contributed by atoms with Crippen LogP contribution in [0.1, 0.15) is 5.56 Å². The molecule has 1 aromatic carbocycles. The van der Waals surface area contributed by atoms with Crippen LogP contribution in [-0.2, 0) is 6.54 Å². The Labute approximate surface area is 92.8 Å². The molecule has 2 N–H and O–H groups in total. The quantitative estimate of drug-likeness (QED) is 0.798. The van der Waals surface area contributed by atoms with Crippen LogP contribution in [-0.4, -0.2) is 25.7 Å². The van der Waals surface area contributed by atoms with E-state index >= 15 is 0 Å². The fraction of sp³-hybridized carbons (Fsp3) is 0.455. The molecule has 0 saturated carbocycles. The SMILES string of the molecule is FC(F)Oc1ccc(CNC2CNC2)cc1. The largest absolute Gasteiger partial charge is 0.435 e. The standard InChI is InChI=1S/C11H14F2N2O/c12-11(13)16-10-3-1-8(2-4-10)5-15-9-6-14-7-9/h1-4,9,11,14-15H,5-7H2. The van der Waals surface area contributed by atoms with Gasteiger partial charge in [-0.05, 0) is 17.7 Å². The fourth-order valence-electron chi connectivity index (χ4n) is 1.48. The van der Waals surface area contributed by atoms with Gasteiger partial charge in [-0.3, -0.25) is 0 Å². The first-order chi connectivity index (χ1) is 7.74. The topological polar surface area (TPSA) is 33.3 Å². The Balaban J connectivity index is 1.81. The van der Waals surface area contributed by atoms with Gasteiger partial charge < -0.3 is 15.4 Å². The molecular weight excluding hydrogens is 214 g/mol. The third-order valence-electron chi connectivity index (χ3n) is 2.52. The van der Waals surface area contributed by atoms with E-state index in [1.54, 1.807) is 24.3 Å². The van der Waals surface area contributed by atoms with Crippen LogP contribution in [0.4, 0.5) is 8.78 Å². The minimum absolute atomic E-state index is 0.198. The molecule has 0 aliphatic carbocycles. The Kier molecular flexibility index (Phi) is 3.69. The molecule has 0 amide bonds. The van der Waals surface area contributed by atoms with Crippen molar-refractivity contribution < 1.29 is 13.5 Å². The number of nitrogens with one attached hydrogen (secondary N) is 2. The summed E-state index contributed by atoms with van der Waals surface area (Å²) in [5.74, 6) is 0.198. The Bertz CT molecular complexity index is 325. The molecule has 1 aliphatic heterocycles. The molecule has 0 unspecified atom stereocenters. The first kappa shape index (κ1) is 11.3. The van der Waals surface area contributed by atoms with Crippen LogP contribution in [0, 0.1) is 0 Å². The fourth-order valence-corrected chi connectivity index (χ4v) is 1.48. The van der Waals surface area contributed by atoms with Crippen molar-refractivity contribution in [3.8, 4) is 5.75 Å². The van der Waals surface area contributed by atoms with E-state index in [1.165, 1.54) is 0 Å². The van der Waals surface area contributed by atoms with Crippen LogP contribution in [0.15, 0.2) is 24.3 Å². The van der Waals surface area contributed by atoms with Gasteiger partial charge >= 0.3 is 6.61 Å². The van der Waals surface area contributed by atoms with Crippen molar-refractivity contribution in [1.82, 2.24) is 10.6 Å². The second-order valence-corrected chi connectivity index (χ2v) is 3.76. The molecular formula is C11H14F2N2O. The van der Waals surface area contributed by atoms with Crippen molar-refractivity contribution in [3.05, 3.63) is 29.8 Å². The number of hydrogen-bond acceptors (Lipinski definition) is 3. The van der Waals surface area contributed by atoms with E-state index < -0.39 is 6.61 Å². The lowest BCUT2D eigenvalue weighted by Crippen LogP contribution is -2.54. The van der Waals surface area contributed by atoms with E-state index in [0.717, 1.165) is 25.2 Å². The Morgan fingerprint density at radius 3 is 2.50 bits per heavy atom. The molecule has 2 rings (SSSR count). The zero-order valence-electron chi connectivity index (χ0n) is 8.75. The molecule has 0 aromatic heterocycles. The first-order valence-corrected chi connectivity index (χ1v) is 5.22. The number of alkyl halides is 2. The summed E-state index contributed by atoms with van der Waals surface area (Å²) in [6.45, 7) is -0.0227. The molecule has 1 heterocycles. The lowest BCUT2D eigenvalue weighted by molar-refractivity contribution is -0.0498. The number of halogens is 2. The molecule has 5 heteroatoms. The van der Waals surface area contributed by atoms with Crippen LogP contribution in [0.25, 0.3) is 0 Å². The van der Waals surface area contributed by atoms with Gasteiger partial charge in [-0.2, -0.15) is 8.78 Å². The zero-order chi connectivity index (χ0) is 11.4. The van der Waals surface area contributed by atoms with Crippen molar-refractivity contribution in [1.29, 1.82) is 0 Å². The van der Waals surface area contributed by atoms with Crippen LogP contribution >= 0.6 is 0 Å². The third-order valence-corrected chi connectivity index (χ3v) is 2.52. The number of rotatable bonds is 5. The molecule has 0 radical (unpaired) electrons. The zero-order valence-corrected chi connectivity index (χ0v) is 8.75. The highest BCUT2D eigenvalue weighted by molar-refractivity contribution is 5.27. The molecule has 1 fully saturated rings. The minimum Gasteiger partial charge on any atom is -0.435 e. The van der Waals surface area contributed by atoms with E-state index in [2.05, 4.69) is 15.4 Å². The summed E-state index contributed by atoms with van der Waals surface area (Å²) in [4.78, 5) is 0. The Hall–Kier alpha value is -1.20. The summed E-state index contributed by atoms with van der Waals surface area (Å²) < 4.78 is 28.0. The lowest BCUT2D eigenvalue weighted by Gasteiger charge is -2.28. The number of hydrogen-bond donors (Lipinski definition) is 2. The molecule has 1 saturated heterocycles. The molecule has 0 spiro atoms. The smallest absolute Gasteiger partial charge is 0.387 e. The summed E-state index contributed by atoms with van der Waals surface area (Å²) in [5.41, 5.74) is 1.06. The average molecular weight is 228 g/mol. The van der Waals surface area contributed by atoms with Crippen LogP contribution in [0.5, 0.6) is 5.75 Å². The van der Waals surface area contributed by atoms with E-state index in [4.69, 9.17) is 0 Å². The lowest BCUT2D eigenvalue weighted by atomic mass is 10.1. The summed E-state index contributed by atoms with van der Waals surface area (Å²) in [6.07, 6.45) is 0. The van der Waals surface area contributed by atoms with Gasteiger partial charge in [-0.15, -0.1) is 0 Å². The predicted molar refractivity (Wildman–Crippen MR) is 56.6 cm³/mol. The van der Waals surface area contributed by atoms with Crippen molar-refractivity contribution in [3.63, 3.8) is 0 Å². The summed E-state index contributed by atoms with van der Waals surface area (Å²) in [5, 5.41) is 6.51. The maximum Gasteiger partial charge on any atom is 0.387 e. The Morgan fingerprint density at radius 2 is 2.00 bits per heavy atom. The van der Waals surface area contributed by atoms with Crippen LogP contribution in [0.2, 0.25) is 0 Å². The van der Waals surface area contributed by atoms with Crippen molar-refractivity contribution in [2.75, 3.05) is 13.1 Å². The van der Waals surface area contributed by atoms with Crippen LogP contribution < -0.4 is 15.4 Å². The van der Waals surface area contributed by atoms with Gasteiger partial charge in [0.2, 0.25) is 0 Å². The molecule has 0 atom stereocenters. The predicted octanol–water partition coefficient (Wildman–Crippen LogP) is 1.35. The van der Waals surface area contributed by atoms with Gasteiger partial charge in [0.15, 0.2) is 0 Å². The van der Waals surface area contributed by atoms with Crippen LogP contribution in [0.3, 0.4) is 0 Å². The second-order valence-electron chi connectivity index (χ2n) is 3.76. The van der Waals surface area contributed by atoms with Gasteiger partial charge in [0.1, 0.15) is 5.75 Å². The summed E-state index contributed by atoms with van der Waals surface area (Å²) in [7, 11) is 0. The van der Waals surface area contributed by atoms with Crippen molar-refractivity contribution in [2.24, 2.45) is 0 Å². The maximum absolute atomic E-state index is 11.9. The van der Waals surface area contributed by atoms with Gasteiger partial charge in [-0.1, -0.05) is 12.1 Å². The number of benzene rings is 1. The highest BCUT2D eigenvalue weighted by Crippen LogP contribution is 2.14. The monoisotopic (exact) mass is 228 g/mol. The van der Waals surface area contributed by atoms with E-state index in [9.17, 15) is 8.78 Å². The first-order valence-electron chi connectivity index (χ1n) is 5.22. The maximum atomic E-state index is 11.9. The second kappa shape index (κ2) is 5.23. The van der Waals surface area contributed by atoms with E-state index in [-0.39, 0.29) is 5.75 Å².